The van der Waals surface area contributed by atoms with Crippen LogP contribution in [0.2, 0.25) is 0 Å². The lowest BCUT2D eigenvalue weighted by molar-refractivity contribution is -0.123. The Morgan fingerprint density at radius 2 is 1.87 bits per heavy atom. The van der Waals surface area contributed by atoms with Crippen molar-refractivity contribution >= 4 is 38.1 Å². The van der Waals surface area contributed by atoms with E-state index in [1.54, 1.807) is 38.1 Å². The van der Waals surface area contributed by atoms with Gasteiger partial charge >= 0.3 is 0 Å². The van der Waals surface area contributed by atoms with Gasteiger partial charge in [0.15, 0.2) is 0 Å². The monoisotopic (exact) mass is 495 g/mol. The molecule has 0 radical (unpaired) electrons. The zero-order valence-electron chi connectivity index (χ0n) is 17.3. The standard InChI is InChI=1S/C21H26BrN3O4S/c1-5-29-19-11-8-17(22)12-16(19)13-23-24-21(26)20(14(2)3)25-30(27,28)18-9-6-15(4)7-10-18/h6-14,20,25H,5H2,1-4H3,(H,24,26)/b23-13-/t20-/m0/s1. The van der Waals surface area contributed by atoms with Gasteiger partial charge in [-0.15, -0.1) is 0 Å². The van der Waals surface area contributed by atoms with Crippen LogP contribution in [-0.2, 0) is 14.8 Å². The van der Waals surface area contributed by atoms with Crippen LogP contribution in [0.15, 0.2) is 56.9 Å². The number of ether oxygens (including phenoxy) is 1. The van der Waals surface area contributed by atoms with Gasteiger partial charge in [-0.2, -0.15) is 9.82 Å². The van der Waals surface area contributed by atoms with Gasteiger partial charge in [0.25, 0.3) is 5.91 Å². The van der Waals surface area contributed by atoms with E-state index in [4.69, 9.17) is 4.74 Å². The van der Waals surface area contributed by atoms with Crippen molar-refractivity contribution < 1.29 is 17.9 Å². The van der Waals surface area contributed by atoms with Crippen molar-refractivity contribution in [1.82, 2.24) is 10.1 Å². The fourth-order valence-electron chi connectivity index (χ4n) is 2.59. The van der Waals surface area contributed by atoms with Gasteiger partial charge in [0.1, 0.15) is 11.8 Å². The van der Waals surface area contributed by atoms with Crippen LogP contribution >= 0.6 is 15.9 Å². The van der Waals surface area contributed by atoms with Crippen molar-refractivity contribution in [1.29, 1.82) is 0 Å². The summed E-state index contributed by atoms with van der Waals surface area (Å²) >= 11 is 3.39. The van der Waals surface area contributed by atoms with Gasteiger partial charge in [0, 0.05) is 10.0 Å². The van der Waals surface area contributed by atoms with Crippen LogP contribution in [0.3, 0.4) is 0 Å². The Labute approximate surface area is 186 Å². The summed E-state index contributed by atoms with van der Waals surface area (Å²) in [7, 11) is -3.85. The fourth-order valence-corrected chi connectivity index (χ4v) is 4.31. The Hall–Kier alpha value is -2.23. The number of hydrogen-bond acceptors (Lipinski definition) is 5. The molecule has 2 aromatic carbocycles. The summed E-state index contributed by atoms with van der Waals surface area (Å²) in [5.74, 6) is -0.214. The summed E-state index contributed by atoms with van der Waals surface area (Å²) in [4.78, 5) is 12.7. The molecule has 0 heterocycles. The third-order valence-electron chi connectivity index (χ3n) is 4.21. The van der Waals surface area contributed by atoms with Gasteiger partial charge < -0.3 is 4.74 Å². The SMILES string of the molecule is CCOc1ccc(Br)cc1/C=N\NC(=O)[C@@H](NS(=O)(=O)c1ccc(C)cc1)C(C)C. The maximum Gasteiger partial charge on any atom is 0.258 e. The van der Waals surface area contributed by atoms with Crippen LogP contribution in [0.4, 0.5) is 0 Å². The Morgan fingerprint density at radius 3 is 2.47 bits per heavy atom. The molecular formula is C21H26BrN3O4S. The smallest absolute Gasteiger partial charge is 0.258 e. The number of carbonyl (C=O) groups excluding carboxylic acids is 1. The van der Waals surface area contributed by atoms with E-state index in [1.165, 1.54) is 18.3 Å². The van der Waals surface area contributed by atoms with Crippen LogP contribution in [0.5, 0.6) is 5.75 Å². The molecule has 0 aliphatic rings. The topological polar surface area (TPSA) is 96.9 Å². The molecule has 0 bridgehead atoms. The highest BCUT2D eigenvalue weighted by molar-refractivity contribution is 9.10. The number of nitrogens with one attached hydrogen (secondary N) is 2. The van der Waals surface area contributed by atoms with E-state index in [2.05, 4.69) is 31.2 Å². The second-order valence-corrected chi connectivity index (χ2v) is 9.64. The third kappa shape index (κ3) is 6.65. The largest absolute Gasteiger partial charge is 0.493 e. The van der Waals surface area contributed by atoms with E-state index < -0.39 is 22.0 Å². The highest BCUT2D eigenvalue weighted by Gasteiger charge is 2.28. The number of carbonyl (C=O) groups is 1. The predicted octanol–water partition coefficient (Wildman–Crippen LogP) is 3.61. The highest BCUT2D eigenvalue weighted by Crippen LogP contribution is 2.21. The first-order valence-electron chi connectivity index (χ1n) is 9.48. The fraction of sp³-hybridized carbons (Fsp3) is 0.333. The average Bonchev–Trinajstić information content (AvgIpc) is 2.68. The van der Waals surface area contributed by atoms with Crippen molar-refractivity contribution in [3.05, 3.63) is 58.1 Å². The summed E-state index contributed by atoms with van der Waals surface area (Å²) in [6, 6.07) is 10.9. The van der Waals surface area contributed by atoms with Gasteiger partial charge in [0.2, 0.25) is 10.0 Å². The second-order valence-electron chi connectivity index (χ2n) is 7.01. The molecule has 7 nitrogen and oxygen atoms in total. The number of sulfonamides is 1. The number of nitrogens with zero attached hydrogens (tertiary/aromatic N) is 1. The maximum absolute atomic E-state index is 12.7. The van der Waals surface area contributed by atoms with E-state index in [9.17, 15) is 13.2 Å². The minimum atomic E-state index is -3.85. The molecule has 2 N–H and O–H groups in total. The minimum Gasteiger partial charge on any atom is -0.493 e. The first-order valence-corrected chi connectivity index (χ1v) is 11.8. The quantitative estimate of drug-likeness (QED) is 0.410. The zero-order chi connectivity index (χ0) is 22.3. The Kier molecular flexibility index (Phi) is 8.57. The van der Waals surface area contributed by atoms with Crippen LogP contribution in [0.25, 0.3) is 0 Å². The number of hydrazone groups is 1. The summed E-state index contributed by atoms with van der Waals surface area (Å²) in [6.07, 6.45) is 1.46. The number of amides is 1. The van der Waals surface area contributed by atoms with Crippen molar-refractivity contribution in [2.45, 2.75) is 38.6 Å². The normalized spacial score (nSPS) is 12.9. The predicted molar refractivity (Wildman–Crippen MR) is 121 cm³/mol. The first kappa shape index (κ1) is 24.0. The molecule has 0 spiro atoms. The molecule has 2 aromatic rings. The van der Waals surface area contributed by atoms with E-state index >= 15 is 0 Å². The number of halogens is 1. The van der Waals surface area contributed by atoms with Gasteiger partial charge in [-0.1, -0.05) is 47.5 Å². The molecule has 2 rings (SSSR count). The maximum atomic E-state index is 12.7. The summed E-state index contributed by atoms with van der Waals surface area (Å²) in [5, 5.41) is 3.98. The molecule has 0 aromatic heterocycles. The summed E-state index contributed by atoms with van der Waals surface area (Å²) in [5.41, 5.74) is 4.04. The molecule has 1 amide bonds. The lowest BCUT2D eigenvalue weighted by atomic mass is 10.1. The van der Waals surface area contributed by atoms with Crippen LogP contribution in [-0.4, -0.2) is 33.2 Å². The summed E-state index contributed by atoms with van der Waals surface area (Å²) in [6.45, 7) is 7.75. The molecule has 1 atom stereocenters. The van der Waals surface area contributed by atoms with E-state index in [0.717, 1.165) is 10.0 Å². The van der Waals surface area contributed by atoms with Gasteiger partial charge in [0.05, 0.1) is 17.7 Å². The number of benzene rings is 2. The van der Waals surface area contributed by atoms with E-state index in [1.807, 2.05) is 19.9 Å². The number of hydrogen-bond donors (Lipinski definition) is 2. The molecule has 0 aliphatic carbocycles. The Balaban J connectivity index is 2.14. The lowest BCUT2D eigenvalue weighted by Gasteiger charge is -2.20. The average molecular weight is 496 g/mol. The molecule has 0 aliphatic heterocycles. The van der Waals surface area contributed by atoms with E-state index in [-0.39, 0.29) is 10.8 Å². The second kappa shape index (κ2) is 10.7. The lowest BCUT2D eigenvalue weighted by Crippen LogP contribution is -2.48. The molecule has 0 saturated carbocycles. The first-order chi connectivity index (χ1) is 14.1. The number of rotatable bonds is 9. The van der Waals surface area contributed by atoms with Crippen molar-refractivity contribution in [3.63, 3.8) is 0 Å². The third-order valence-corrected chi connectivity index (χ3v) is 6.16. The van der Waals surface area contributed by atoms with Gasteiger partial charge in [-0.3, -0.25) is 4.79 Å². The highest BCUT2D eigenvalue weighted by atomic mass is 79.9. The summed E-state index contributed by atoms with van der Waals surface area (Å²) < 4.78 is 34.2. The minimum absolute atomic E-state index is 0.102. The van der Waals surface area contributed by atoms with Crippen molar-refractivity contribution in [2.24, 2.45) is 11.0 Å². The van der Waals surface area contributed by atoms with Crippen molar-refractivity contribution in [3.8, 4) is 5.75 Å². The van der Waals surface area contributed by atoms with Gasteiger partial charge in [-0.05, 0) is 50.1 Å². The van der Waals surface area contributed by atoms with Crippen molar-refractivity contribution in [2.75, 3.05) is 6.61 Å². The van der Waals surface area contributed by atoms with Crippen LogP contribution in [0, 0.1) is 12.8 Å². The van der Waals surface area contributed by atoms with Crippen LogP contribution in [0.1, 0.15) is 31.9 Å². The van der Waals surface area contributed by atoms with Gasteiger partial charge in [-0.25, -0.2) is 13.8 Å². The number of aryl methyl sites for hydroxylation is 1. The Bertz CT molecular complexity index is 1010. The molecule has 0 fully saturated rings. The molecule has 0 unspecified atom stereocenters. The molecule has 162 valence electrons. The van der Waals surface area contributed by atoms with E-state index in [0.29, 0.717) is 17.9 Å². The molecule has 30 heavy (non-hydrogen) atoms. The zero-order valence-corrected chi connectivity index (χ0v) is 19.7. The molecular weight excluding hydrogens is 470 g/mol. The Morgan fingerprint density at radius 1 is 1.20 bits per heavy atom. The molecule has 9 heteroatoms. The van der Waals surface area contributed by atoms with Crippen LogP contribution < -0.4 is 14.9 Å². The molecule has 0 saturated heterocycles.